The summed E-state index contributed by atoms with van der Waals surface area (Å²) >= 11 is 0. The number of carboxylic acids is 1. The van der Waals surface area contributed by atoms with Gasteiger partial charge in [-0.15, -0.1) is 0 Å². The summed E-state index contributed by atoms with van der Waals surface area (Å²) in [5.41, 5.74) is -2.27. The minimum absolute atomic E-state index is 0.0366. The zero-order valence-corrected chi connectivity index (χ0v) is 13.0. The first-order valence-corrected chi connectivity index (χ1v) is 6.63. The van der Waals surface area contributed by atoms with Gasteiger partial charge in [-0.25, -0.2) is 4.79 Å². The van der Waals surface area contributed by atoms with E-state index in [0.717, 1.165) is 18.7 Å². The summed E-state index contributed by atoms with van der Waals surface area (Å²) in [6, 6.07) is -1.29. The number of rotatable bonds is 7. The highest BCUT2D eigenvalue weighted by Gasteiger charge is 2.49. The number of alkyl halides is 3. The van der Waals surface area contributed by atoms with Crippen LogP contribution in [-0.4, -0.2) is 53.1 Å². The number of amides is 2. The molecule has 128 valence electrons. The summed E-state index contributed by atoms with van der Waals surface area (Å²) in [7, 11) is 0. The molecule has 0 aliphatic heterocycles. The second-order valence-electron chi connectivity index (χ2n) is 5.64. The zero-order valence-electron chi connectivity index (χ0n) is 13.0. The van der Waals surface area contributed by atoms with Gasteiger partial charge in [-0.1, -0.05) is 13.8 Å². The van der Waals surface area contributed by atoms with Crippen LogP contribution in [0.2, 0.25) is 0 Å². The molecule has 22 heavy (non-hydrogen) atoms. The fraction of sp³-hybridized carbons (Fsp3) is 0.769. The summed E-state index contributed by atoms with van der Waals surface area (Å²) in [4.78, 5) is 34.7. The Bertz CT molecular complexity index is 435. The number of carboxylic acid groups (broad SMARTS) is 1. The van der Waals surface area contributed by atoms with Crippen molar-refractivity contribution in [3.63, 3.8) is 0 Å². The van der Waals surface area contributed by atoms with E-state index in [1.165, 1.54) is 13.8 Å². The van der Waals surface area contributed by atoms with Crippen LogP contribution in [0.25, 0.3) is 0 Å². The van der Waals surface area contributed by atoms with Gasteiger partial charge in [-0.05, 0) is 6.92 Å². The molecule has 2 N–H and O–H groups in total. The van der Waals surface area contributed by atoms with Gasteiger partial charge >= 0.3 is 12.1 Å². The number of carbonyl (C=O) groups is 3. The number of halogens is 3. The van der Waals surface area contributed by atoms with Crippen LogP contribution in [0.15, 0.2) is 0 Å². The van der Waals surface area contributed by atoms with Crippen molar-refractivity contribution >= 4 is 17.8 Å². The first-order chi connectivity index (χ1) is 9.79. The molecule has 0 aromatic carbocycles. The topological polar surface area (TPSA) is 86.7 Å². The number of aliphatic carboxylic acids is 1. The third-order valence-electron chi connectivity index (χ3n) is 3.23. The van der Waals surface area contributed by atoms with Crippen molar-refractivity contribution in [2.75, 3.05) is 13.1 Å². The highest BCUT2D eigenvalue weighted by atomic mass is 19.4. The molecule has 6 nitrogen and oxygen atoms in total. The van der Waals surface area contributed by atoms with Gasteiger partial charge in [0.2, 0.25) is 11.8 Å². The standard InChI is InChI=1S/C13H21F3N2O4/c1-8(11(21)22)18(6-5-17-9(2)19)10(20)7-12(3,4)13(14,15)16/h8H,5-7H2,1-4H3,(H,17,19)(H,21,22). The molecule has 0 saturated carbocycles. The number of nitrogens with zero attached hydrogens (tertiary/aromatic N) is 1. The molecule has 0 fully saturated rings. The van der Waals surface area contributed by atoms with Gasteiger partial charge in [0.25, 0.3) is 0 Å². The van der Waals surface area contributed by atoms with E-state index in [0.29, 0.717) is 0 Å². The lowest BCUT2D eigenvalue weighted by atomic mass is 9.87. The highest BCUT2D eigenvalue weighted by molar-refractivity contribution is 5.84. The van der Waals surface area contributed by atoms with Gasteiger partial charge < -0.3 is 15.3 Å². The number of hydrogen-bond donors (Lipinski definition) is 2. The minimum Gasteiger partial charge on any atom is -0.480 e. The van der Waals surface area contributed by atoms with Gasteiger partial charge in [0, 0.05) is 26.4 Å². The van der Waals surface area contributed by atoms with E-state index in [2.05, 4.69) is 5.32 Å². The number of carbonyl (C=O) groups excluding carboxylic acids is 2. The Kier molecular flexibility index (Phi) is 6.85. The zero-order chi connectivity index (χ0) is 17.7. The van der Waals surface area contributed by atoms with Crippen LogP contribution in [0.4, 0.5) is 13.2 Å². The molecule has 0 bridgehead atoms. The van der Waals surface area contributed by atoms with Crippen molar-refractivity contribution in [2.45, 2.75) is 46.3 Å². The number of hydrogen-bond acceptors (Lipinski definition) is 3. The predicted molar refractivity (Wildman–Crippen MR) is 71.9 cm³/mol. The van der Waals surface area contributed by atoms with Gasteiger partial charge in [0.15, 0.2) is 0 Å². The van der Waals surface area contributed by atoms with Crippen molar-refractivity contribution in [3.8, 4) is 0 Å². The van der Waals surface area contributed by atoms with Crippen LogP contribution in [0.1, 0.15) is 34.1 Å². The lowest BCUT2D eigenvalue weighted by Gasteiger charge is -2.32. The molecule has 0 heterocycles. The van der Waals surface area contributed by atoms with Crippen LogP contribution in [0, 0.1) is 5.41 Å². The smallest absolute Gasteiger partial charge is 0.394 e. The summed E-state index contributed by atoms with van der Waals surface area (Å²) in [5, 5.41) is 11.3. The third-order valence-corrected chi connectivity index (χ3v) is 3.23. The monoisotopic (exact) mass is 326 g/mol. The van der Waals surface area contributed by atoms with Crippen molar-refractivity contribution in [2.24, 2.45) is 5.41 Å². The third kappa shape index (κ3) is 5.90. The molecule has 1 unspecified atom stereocenters. The fourth-order valence-electron chi connectivity index (χ4n) is 1.60. The molecule has 0 saturated heterocycles. The second kappa shape index (κ2) is 7.46. The first kappa shape index (κ1) is 20.2. The fourth-order valence-corrected chi connectivity index (χ4v) is 1.60. The predicted octanol–water partition coefficient (Wildman–Crippen LogP) is 1.40. The lowest BCUT2D eigenvalue weighted by molar-refractivity contribution is -0.215. The SMILES string of the molecule is CC(=O)NCCN(C(=O)CC(C)(C)C(F)(F)F)C(C)C(=O)O. The first-order valence-electron chi connectivity index (χ1n) is 6.63. The maximum atomic E-state index is 12.8. The molecule has 0 aliphatic rings. The molecule has 9 heteroatoms. The van der Waals surface area contributed by atoms with E-state index < -0.39 is 35.9 Å². The van der Waals surface area contributed by atoms with Gasteiger partial charge in [-0.3, -0.25) is 9.59 Å². The maximum absolute atomic E-state index is 12.8. The van der Waals surface area contributed by atoms with Crippen LogP contribution in [0.5, 0.6) is 0 Å². The summed E-state index contributed by atoms with van der Waals surface area (Å²) in [6.07, 6.45) is -5.45. The quantitative estimate of drug-likeness (QED) is 0.740. The van der Waals surface area contributed by atoms with E-state index in [1.54, 1.807) is 0 Å². The average Bonchev–Trinajstić information content (AvgIpc) is 2.31. The van der Waals surface area contributed by atoms with E-state index in [4.69, 9.17) is 5.11 Å². The van der Waals surface area contributed by atoms with E-state index in [-0.39, 0.29) is 19.0 Å². The molecule has 0 aliphatic carbocycles. The Labute approximate surface area is 126 Å². The Morgan fingerprint density at radius 3 is 2.09 bits per heavy atom. The van der Waals surface area contributed by atoms with Crippen molar-refractivity contribution in [1.82, 2.24) is 10.2 Å². The van der Waals surface area contributed by atoms with Gasteiger partial charge in [0.1, 0.15) is 6.04 Å². The molecule has 0 radical (unpaired) electrons. The average molecular weight is 326 g/mol. The van der Waals surface area contributed by atoms with Gasteiger partial charge in [-0.2, -0.15) is 13.2 Å². The summed E-state index contributed by atoms with van der Waals surface area (Å²) in [5.74, 6) is -2.64. The molecular weight excluding hydrogens is 305 g/mol. The molecule has 1 atom stereocenters. The van der Waals surface area contributed by atoms with Crippen molar-refractivity contribution in [3.05, 3.63) is 0 Å². The minimum atomic E-state index is -4.58. The van der Waals surface area contributed by atoms with Crippen molar-refractivity contribution in [1.29, 1.82) is 0 Å². The number of nitrogens with one attached hydrogen (secondary N) is 1. The molecule has 0 aromatic heterocycles. The second-order valence-corrected chi connectivity index (χ2v) is 5.64. The largest absolute Gasteiger partial charge is 0.480 e. The highest BCUT2D eigenvalue weighted by Crippen LogP contribution is 2.40. The van der Waals surface area contributed by atoms with Crippen molar-refractivity contribution < 1.29 is 32.7 Å². The summed E-state index contributed by atoms with van der Waals surface area (Å²) < 4.78 is 38.5. The molecule has 0 spiro atoms. The van der Waals surface area contributed by atoms with Gasteiger partial charge in [0.05, 0.1) is 5.41 Å². The Morgan fingerprint density at radius 1 is 1.23 bits per heavy atom. The molecule has 0 aromatic rings. The van der Waals surface area contributed by atoms with E-state index in [9.17, 15) is 27.6 Å². The van der Waals surface area contributed by atoms with Crippen LogP contribution in [0.3, 0.4) is 0 Å². The van der Waals surface area contributed by atoms with Crippen LogP contribution in [-0.2, 0) is 14.4 Å². The summed E-state index contributed by atoms with van der Waals surface area (Å²) in [6.45, 7) is 3.98. The van der Waals surface area contributed by atoms with E-state index in [1.807, 2.05) is 0 Å². The Balaban J connectivity index is 5.04. The van der Waals surface area contributed by atoms with E-state index >= 15 is 0 Å². The van der Waals surface area contributed by atoms with Crippen LogP contribution >= 0.6 is 0 Å². The Hall–Kier alpha value is -1.80. The molecule has 2 amide bonds. The molecular formula is C13H21F3N2O4. The molecule has 0 rings (SSSR count). The lowest BCUT2D eigenvalue weighted by Crippen LogP contribution is -2.49. The maximum Gasteiger partial charge on any atom is 0.394 e. The normalized spacial score (nSPS) is 13.4. The Morgan fingerprint density at radius 2 is 1.73 bits per heavy atom. The van der Waals surface area contributed by atoms with Crippen LogP contribution < -0.4 is 5.32 Å².